The molecule has 3 aromatic carbocycles. The summed E-state index contributed by atoms with van der Waals surface area (Å²) in [6.45, 7) is 0.488. The van der Waals surface area contributed by atoms with Crippen LogP contribution in [0.15, 0.2) is 78.9 Å². The van der Waals surface area contributed by atoms with Crippen LogP contribution in [0.25, 0.3) is 0 Å². The Balaban J connectivity index is 1.54. The second-order valence-electron chi connectivity index (χ2n) is 6.89. The molecule has 3 aromatic rings. The van der Waals surface area contributed by atoms with E-state index >= 15 is 0 Å². The SMILES string of the molecule is O=C(COc1ccc([N+](=O)[O-])cc1)N1CCc2ccccc2C1c1ccccc1. The third-order valence-electron chi connectivity index (χ3n) is 5.13. The molecule has 146 valence electrons. The fourth-order valence-corrected chi connectivity index (χ4v) is 3.72. The summed E-state index contributed by atoms with van der Waals surface area (Å²) >= 11 is 0. The first kappa shape index (κ1) is 18.7. The van der Waals surface area contributed by atoms with Crippen molar-refractivity contribution in [2.75, 3.05) is 13.2 Å². The van der Waals surface area contributed by atoms with Gasteiger partial charge < -0.3 is 9.64 Å². The molecule has 4 rings (SSSR count). The lowest BCUT2D eigenvalue weighted by atomic mass is 9.88. The molecule has 1 unspecified atom stereocenters. The Hall–Kier alpha value is -3.67. The fraction of sp³-hybridized carbons (Fsp3) is 0.174. The molecule has 0 radical (unpaired) electrons. The molecule has 0 bridgehead atoms. The fourth-order valence-electron chi connectivity index (χ4n) is 3.72. The van der Waals surface area contributed by atoms with E-state index in [1.807, 2.05) is 47.4 Å². The number of rotatable bonds is 5. The average Bonchev–Trinajstić information content (AvgIpc) is 2.77. The number of carbonyl (C=O) groups excluding carboxylic acids is 1. The molecule has 1 amide bonds. The number of amides is 1. The number of non-ortho nitro benzene ring substituents is 1. The van der Waals surface area contributed by atoms with Crippen LogP contribution < -0.4 is 4.74 Å². The largest absolute Gasteiger partial charge is 0.484 e. The molecule has 0 fully saturated rings. The van der Waals surface area contributed by atoms with Crippen molar-refractivity contribution in [3.05, 3.63) is 106 Å². The van der Waals surface area contributed by atoms with Gasteiger partial charge in [0.15, 0.2) is 6.61 Å². The van der Waals surface area contributed by atoms with Gasteiger partial charge in [0.1, 0.15) is 5.75 Å². The van der Waals surface area contributed by atoms with E-state index in [-0.39, 0.29) is 24.2 Å². The summed E-state index contributed by atoms with van der Waals surface area (Å²) in [5, 5.41) is 10.8. The first-order chi connectivity index (χ1) is 14.1. The maximum Gasteiger partial charge on any atom is 0.269 e. The number of hydrogen-bond acceptors (Lipinski definition) is 4. The molecule has 0 saturated carbocycles. The molecule has 1 aliphatic rings. The summed E-state index contributed by atoms with van der Waals surface area (Å²) in [5.74, 6) is 0.310. The van der Waals surface area contributed by atoms with Crippen LogP contribution in [0.5, 0.6) is 5.75 Å². The zero-order chi connectivity index (χ0) is 20.2. The summed E-state index contributed by atoms with van der Waals surface area (Å²) in [5.41, 5.74) is 3.43. The van der Waals surface area contributed by atoms with Crippen molar-refractivity contribution in [1.29, 1.82) is 0 Å². The van der Waals surface area contributed by atoms with Gasteiger partial charge in [0.25, 0.3) is 11.6 Å². The van der Waals surface area contributed by atoms with E-state index < -0.39 is 4.92 Å². The average molecular weight is 388 g/mol. The van der Waals surface area contributed by atoms with Gasteiger partial charge in [0, 0.05) is 18.7 Å². The molecule has 0 saturated heterocycles. The number of nitro groups is 1. The van der Waals surface area contributed by atoms with Crippen molar-refractivity contribution >= 4 is 11.6 Å². The second-order valence-corrected chi connectivity index (χ2v) is 6.89. The smallest absolute Gasteiger partial charge is 0.269 e. The molecule has 29 heavy (non-hydrogen) atoms. The third kappa shape index (κ3) is 3.96. The standard InChI is InChI=1S/C23H20N2O4/c26-22(16-29-20-12-10-19(11-13-20)25(27)28)24-15-14-17-6-4-5-9-21(17)23(24)18-7-2-1-3-8-18/h1-13,23H,14-16H2. The normalized spacial score (nSPS) is 15.4. The maximum atomic E-state index is 13.0. The molecule has 6 heteroatoms. The minimum absolute atomic E-state index is 0.0135. The number of fused-ring (bicyclic) bond motifs is 1. The minimum Gasteiger partial charge on any atom is -0.484 e. The number of benzene rings is 3. The summed E-state index contributed by atoms with van der Waals surface area (Å²) in [4.78, 5) is 25.2. The van der Waals surface area contributed by atoms with Gasteiger partial charge in [-0.1, -0.05) is 54.6 Å². The summed E-state index contributed by atoms with van der Waals surface area (Å²) in [6.07, 6.45) is 0.794. The molecule has 6 nitrogen and oxygen atoms in total. The van der Waals surface area contributed by atoms with Crippen LogP contribution in [-0.2, 0) is 11.2 Å². The molecular formula is C23H20N2O4. The lowest BCUT2D eigenvalue weighted by molar-refractivity contribution is -0.384. The Bertz CT molecular complexity index is 1020. The topological polar surface area (TPSA) is 72.7 Å². The van der Waals surface area contributed by atoms with Gasteiger partial charge in [-0.25, -0.2) is 0 Å². The van der Waals surface area contributed by atoms with Crippen molar-refractivity contribution in [2.24, 2.45) is 0 Å². The molecular weight excluding hydrogens is 368 g/mol. The van der Waals surface area contributed by atoms with Crippen LogP contribution in [0.2, 0.25) is 0 Å². The molecule has 1 aliphatic heterocycles. The van der Waals surface area contributed by atoms with Gasteiger partial charge >= 0.3 is 0 Å². The van der Waals surface area contributed by atoms with Crippen LogP contribution in [0.4, 0.5) is 5.69 Å². The van der Waals surface area contributed by atoms with Crippen LogP contribution in [-0.4, -0.2) is 28.9 Å². The van der Waals surface area contributed by atoms with Crippen LogP contribution in [0, 0.1) is 10.1 Å². The van der Waals surface area contributed by atoms with Gasteiger partial charge in [0.2, 0.25) is 0 Å². The summed E-state index contributed by atoms with van der Waals surface area (Å²) in [7, 11) is 0. The van der Waals surface area contributed by atoms with Gasteiger partial charge in [0.05, 0.1) is 11.0 Å². The molecule has 0 N–H and O–H groups in total. The highest BCUT2D eigenvalue weighted by Crippen LogP contribution is 2.35. The first-order valence-corrected chi connectivity index (χ1v) is 9.43. The van der Waals surface area contributed by atoms with E-state index in [4.69, 9.17) is 4.74 Å². The lowest BCUT2D eigenvalue weighted by Gasteiger charge is -2.37. The molecule has 0 aromatic heterocycles. The molecule has 1 heterocycles. The summed E-state index contributed by atoms with van der Waals surface area (Å²) in [6, 6.07) is 23.8. The quantitative estimate of drug-likeness (QED) is 0.486. The zero-order valence-electron chi connectivity index (χ0n) is 15.7. The van der Waals surface area contributed by atoms with Crippen LogP contribution in [0.1, 0.15) is 22.7 Å². The van der Waals surface area contributed by atoms with Gasteiger partial charge in [-0.15, -0.1) is 0 Å². The number of hydrogen-bond donors (Lipinski definition) is 0. The van der Waals surface area contributed by atoms with Crippen molar-refractivity contribution < 1.29 is 14.5 Å². The number of ether oxygens (including phenoxy) is 1. The van der Waals surface area contributed by atoms with Gasteiger partial charge in [-0.3, -0.25) is 14.9 Å². The molecule has 0 spiro atoms. The highest BCUT2D eigenvalue weighted by Gasteiger charge is 2.31. The Morgan fingerprint density at radius 1 is 1.00 bits per heavy atom. The number of nitrogens with zero attached hydrogens (tertiary/aromatic N) is 2. The second kappa shape index (κ2) is 8.14. The van der Waals surface area contributed by atoms with Crippen molar-refractivity contribution in [3.8, 4) is 5.75 Å². The van der Waals surface area contributed by atoms with Gasteiger partial charge in [-0.05, 0) is 35.2 Å². The molecule has 0 aliphatic carbocycles. The maximum absolute atomic E-state index is 13.0. The third-order valence-corrected chi connectivity index (χ3v) is 5.13. The monoisotopic (exact) mass is 388 g/mol. The lowest BCUT2D eigenvalue weighted by Crippen LogP contribution is -2.42. The number of nitro benzene ring substituents is 1. The highest BCUT2D eigenvalue weighted by atomic mass is 16.6. The van der Waals surface area contributed by atoms with E-state index in [2.05, 4.69) is 12.1 Å². The number of carbonyl (C=O) groups is 1. The van der Waals surface area contributed by atoms with E-state index in [0.29, 0.717) is 12.3 Å². The van der Waals surface area contributed by atoms with E-state index in [0.717, 1.165) is 17.5 Å². The Morgan fingerprint density at radius 3 is 2.41 bits per heavy atom. The van der Waals surface area contributed by atoms with Crippen molar-refractivity contribution in [2.45, 2.75) is 12.5 Å². The minimum atomic E-state index is -0.468. The van der Waals surface area contributed by atoms with Gasteiger partial charge in [-0.2, -0.15) is 0 Å². The van der Waals surface area contributed by atoms with E-state index in [9.17, 15) is 14.9 Å². The van der Waals surface area contributed by atoms with E-state index in [1.165, 1.54) is 29.8 Å². The predicted octanol–water partition coefficient (Wildman–Crippen LogP) is 4.15. The van der Waals surface area contributed by atoms with Crippen molar-refractivity contribution in [3.63, 3.8) is 0 Å². The predicted molar refractivity (Wildman–Crippen MR) is 109 cm³/mol. The van der Waals surface area contributed by atoms with Crippen molar-refractivity contribution in [1.82, 2.24) is 4.90 Å². The van der Waals surface area contributed by atoms with Crippen LogP contribution in [0.3, 0.4) is 0 Å². The Labute approximate surface area is 168 Å². The van der Waals surface area contributed by atoms with E-state index in [1.54, 1.807) is 0 Å². The Kier molecular flexibility index (Phi) is 5.24. The first-order valence-electron chi connectivity index (χ1n) is 9.43. The summed E-state index contributed by atoms with van der Waals surface area (Å²) < 4.78 is 5.61. The Morgan fingerprint density at radius 2 is 1.69 bits per heavy atom. The highest BCUT2D eigenvalue weighted by molar-refractivity contribution is 5.79. The van der Waals surface area contributed by atoms with Crippen LogP contribution >= 0.6 is 0 Å². The zero-order valence-corrected chi connectivity index (χ0v) is 15.7. The molecule has 1 atom stereocenters.